The van der Waals surface area contributed by atoms with Gasteiger partial charge in [0.15, 0.2) is 0 Å². The molecule has 0 aromatic heterocycles. The van der Waals surface area contributed by atoms with Crippen LogP contribution in [0.1, 0.15) is 30.7 Å². The van der Waals surface area contributed by atoms with Crippen LogP contribution in [0.2, 0.25) is 0 Å². The molecular formula is C15H14O. The molecule has 3 rings (SSSR count). The minimum absolute atomic E-state index is 0.157. The molecule has 2 aromatic carbocycles. The number of fused-ring (bicyclic) bond motifs is 1. The fourth-order valence-corrected chi connectivity index (χ4v) is 2.59. The van der Waals surface area contributed by atoms with Crippen molar-refractivity contribution in [3.8, 4) is 0 Å². The molecule has 2 aromatic rings. The van der Waals surface area contributed by atoms with Gasteiger partial charge in [0.2, 0.25) is 0 Å². The molecule has 1 aliphatic carbocycles. The summed E-state index contributed by atoms with van der Waals surface area (Å²) in [5.74, 6) is 0.569. The van der Waals surface area contributed by atoms with E-state index in [2.05, 4.69) is 30.3 Å². The predicted octanol–water partition coefficient (Wildman–Crippen LogP) is 3.68. The van der Waals surface area contributed by atoms with Gasteiger partial charge in [0.05, 0.1) is 0 Å². The first-order valence-electron chi connectivity index (χ1n) is 5.86. The van der Waals surface area contributed by atoms with Gasteiger partial charge in [-0.1, -0.05) is 42.5 Å². The lowest BCUT2D eigenvalue weighted by molar-refractivity contribution is -0.118. The number of Topliss-reactive ketones (excluding diaryl/α,β-unsaturated/α-hetero) is 1. The summed E-state index contributed by atoms with van der Waals surface area (Å²) in [5, 5.41) is 2.48. The number of benzene rings is 2. The van der Waals surface area contributed by atoms with Crippen LogP contribution < -0.4 is 0 Å². The average molecular weight is 210 g/mol. The molecule has 0 bridgehead atoms. The second-order valence-corrected chi connectivity index (χ2v) is 4.52. The molecule has 1 heteroatoms. The van der Waals surface area contributed by atoms with Gasteiger partial charge in [0, 0.05) is 12.3 Å². The van der Waals surface area contributed by atoms with Crippen molar-refractivity contribution < 1.29 is 4.79 Å². The monoisotopic (exact) mass is 210 g/mol. The largest absolute Gasteiger partial charge is 0.299 e. The maximum atomic E-state index is 11.7. The van der Waals surface area contributed by atoms with Crippen molar-refractivity contribution in [1.29, 1.82) is 0 Å². The van der Waals surface area contributed by atoms with Gasteiger partial charge in [-0.25, -0.2) is 0 Å². The van der Waals surface area contributed by atoms with Crippen molar-refractivity contribution in [2.24, 2.45) is 0 Å². The quantitative estimate of drug-likeness (QED) is 0.701. The van der Waals surface area contributed by atoms with Crippen LogP contribution in [0.15, 0.2) is 42.5 Å². The highest BCUT2D eigenvalue weighted by Gasteiger charge is 2.25. The Bertz CT molecular complexity index is 542. The molecule has 1 nitrogen and oxygen atoms in total. The molecule has 0 saturated heterocycles. The average Bonchev–Trinajstić information content (AvgIpc) is 2.75. The Hall–Kier alpha value is -1.63. The summed E-state index contributed by atoms with van der Waals surface area (Å²) >= 11 is 0. The summed E-state index contributed by atoms with van der Waals surface area (Å²) in [6.45, 7) is 0. The van der Waals surface area contributed by atoms with Crippen molar-refractivity contribution in [2.75, 3.05) is 0 Å². The lowest BCUT2D eigenvalue weighted by atomic mass is 9.94. The fraction of sp³-hybridized carbons (Fsp3) is 0.267. The first-order valence-corrected chi connectivity index (χ1v) is 5.86. The first-order chi connectivity index (χ1) is 7.84. The van der Waals surface area contributed by atoms with Crippen LogP contribution >= 0.6 is 0 Å². The van der Waals surface area contributed by atoms with Crippen LogP contribution in [0, 0.1) is 0 Å². The summed E-state index contributed by atoms with van der Waals surface area (Å²) in [6.07, 6.45) is 2.84. The van der Waals surface area contributed by atoms with Gasteiger partial charge in [-0.2, -0.15) is 0 Å². The molecule has 1 saturated carbocycles. The number of hydrogen-bond acceptors (Lipinski definition) is 1. The zero-order valence-electron chi connectivity index (χ0n) is 9.15. The minimum Gasteiger partial charge on any atom is -0.299 e. The van der Waals surface area contributed by atoms with Crippen molar-refractivity contribution in [2.45, 2.75) is 25.2 Å². The predicted molar refractivity (Wildman–Crippen MR) is 65.5 cm³/mol. The molecule has 0 aliphatic heterocycles. The molecule has 0 amide bonds. The maximum Gasteiger partial charge on any atom is 0.140 e. The van der Waals surface area contributed by atoms with E-state index in [1.54, 1.807) is 0 Å². The normalized spacial score (nSPS) is 20.5. The van der Waals surface area contributed by atoms with E-state index in [1.165, 1.54) is 16.3 Å². The van der Waals surface area contributed by atoms with Crippen molar-refractivity contribution in [3.63, 3.8) is 0 Å². The summed E-state index contributed by atoms with van der Waals surface area (Å²) in [4.78, 5) is 11.7. The van der Waals surface area contributed by atoms with Crippen LogP contribution in [0.3, 0.4) is 0 Å². The molecule has 1 atom stereocenters. The number of hydrogen-bond donors (Lipinski definition) is 0. The molecule has 80 valence electrons. The van der Waals surface area contributed by atoms with Gasteiger partial charge in [-0.05, 0) is 29.2 Å². The van der Waals surface area contributed by atoms with E-state index in [9.17, 15) is 4.79 Å². The highest BCUT2D eigenvalue weighted by atomic mass is 16.1. The van der Waals surface area contributed by atoms with Crippen LogP contribution in [0.4, 0.5) is 0 Å². The zero-order chi connectivity index (χ0) is 11.0. The van der Waals surface area contributed by atoms with Gasteiger partial charge in [0.25, 0.3) is 0 Å². The number of carbonyl (C=O) groups excluding carboxylic acids is 1. The standard InChI is InChI=1S/C15H14O/c16-15-7-3-6-14(15)13-9-8-11-4-1-2-5-12(11)10-13/h1-2,4-5,8-10,14H,3,6-7H2. The van der Waals surface area contributed by atoms with Crippen molar-refractivity contribution >= 4 is 16.6 Å². The van der Waals surface area contributed by atoms with E-state index < -0.39 is 0 Å². The van der Waals surface area contributed by atoms with E-state index >= 15 is 0 Å². The lowest BCUT2D eigenvalue weighted by Gasteiger charge is -2.09. The van der Waals surface area contributed by atoms with Gasteiger partial charge < -0.3 is 0 Å². The molecule has 1 fully saturated rings. The highest BCUT2D eigenvalue weighted by Crippen LogP contribution is 2.32. The van der Waals surface area contributed by atoms with Gasteiger partial charge in [-0.3, -0.25) is 4.79 Å². The van der Waals surface area contributed by atoms with Crippen LogP contribution in [-0.2, 0) is 4.79 Å². The van der Waals surface area contributed by atoms with Gasteiger partial charge >= 0.3 is 0 Å². The summed E-state index contributed by atoms with van der Waals surface area (Å²) in [6, 6.07) is 14.7. The van der Waals surface area contributed by atoms with E-state index in [0.29, 0.717) is 5.78 Å². The molecule has 0 radical (unpaired) electrons. The van der Waals surface area contributed by atoms with Crippen molar-refractivity contribution in [3.05, 3.63) is 48.0 Å². The van der Waals surface area contributed by atoms with Crippen LogP contribution in [0.5, 0.6) is 0 Å². The summed E-state index contributed by atoms with van der Waals surface area (Å²) < 4.78 is 0. The third-order valence-corrected chi connectivity index (χ3v) is 3.48. The molecule has 0 heterocycles. The van der Waals surface area contributed by atoms with E-state index in [4.69, 9.17) is 0 Å². The Labute approximate surface area is 95.1 Å². The third kappa shape index (κ3) is 1.53. The third-order valence-electron chi connectivity index (χ3n) is 3.48. The Balaban J connectivity index is 2.08. The Morgan fingerprint density at radius 1 is 1.00 bits per heavy atom. The Kier molecular flexibility index (Phi) is 2.24. The summed E-state index contributed by atoms with van der Waals surface area (Å²) in [5.41, 5.74) is 1.20. The number of ketones is 1. The molecule has 1 aliphatic rings. The number of rotatable bonds is 1. The molecule has 0 N–H and O–H groups in total. The molecule has 0 spiro atoms. The number of carbonyl (C=O) groups is 1. The smallest absolute Gasteiger partial charge is 0.140 e. The van der Waals surface area contributed by atoms with Crippen molar-refractivity contribution in [1.82, 2.24) is 0 Å². The van der Waals surface area contributed by atoms with Crippen LogP contribution in [-0.4, -0.2) is 5.78 Å². The molecule has 16 heavy (non-hydrogen) atoms. The molecule has 1 unspecified atom stereocenters. The lowest BCUT2D eigenvalue weighted by Crippen LogP contribution is -2.03. The first kappa shape index (κ1) is 9.59. The van der Waals surface area contributed by atoms with E-state index in [-0.39, 0.29) is 5.92 Å². The Morgan fingerprint density at radius 3 is 2.56 bits per heavy atom. The van der Waals surface area contributed by atoms with Crippen LogP contribution in [0.25, 0.3) is 10.8 Å². The zero-order valence-corrected chi connectivity index (χ0v) is 9.15. The summed E-state index contributed by atoms with van der Waals surface area (Å²) in [7, 11) is 0. The van der Waals surface area contributed by atoms with Gasteiger partial charge in [-0.15, -0.1) is 0 Å². The second-order valence-electron chi connectivity index (χ2n) is 4.52. The Morgan fingerprint density at radius 2 is 1.81 bits per heavy atom. The van der Waals surface area contributed by atoms with Gasteiger partial charge in [0.1, 0.15) is 5.78 Å². The maximum absolute atomic E-state index is 11.7. The SMILES string of the molecule is O=C1CCCC1c1ccc2ccccc2c1. The highest BCUT2D eigenvalue weighted by molar-refractivity contribution is 5.90. The minimum atomic E-state index is 0.157. The fourth-order valence-electron chi connectivity index (χ4n) is 2.59. The molecular weight excluding hydrogens is 196 g/mol. The second kappa shape index (κ2) is 3.75. The van der Waals surface area contributed by atoms with E-state index in [0.717, 1.165) is 19.3 Å². The van der Waals surface area contributed by atoms with E-state index in [1.807, 2.05) is 12.1 Å². The topological polar surface area (TPSA) is 17.1 Å².